The van der Waals surface area contributed by atoms with Gasteiger partial charge in [-0.2, -0.15) is 0 Å². The smallest absolute Gasteiger partial charge is 0.313 e. The summed E-state index contributed by atoms with van der Waals surface area (Å²) in [6.07, 6.45) is 2.97. The van der Waals surface area contributed by atoms with Gasteiger partial charge in [-0.15, -0.1) is 31.7 Å². The Labute approximate surface area is 200 Å². The molecule has 4 aromatic heterocycles. The summed E-state index contributed by atoms with van der Waals surface area (Å²) in [5.74, 6) is -1.17. The van der Waals surface area contributed by atoms with Crippen molar-refractivity contribution in [3.63, 3.8) is 0 Å². The molecule has 0 fully saturated rings. The Morgan fingerprint density at radius 1 is 1.03 bits per heavy atom. The highest BCUT2D eigenvalue weighted by atomic mass is 32.2. The Bertz CT molecular complexity index is 1420. The van der Waals surface area contributed by atoms with Gasteiger partial charge in [-0.25, -0.2) is 8.80 Å². The first-order valence-corrected chi connectivity index (χ1v) is 13.2. The van der Waals surface area contributed by atoms with Crippen molar-refractivity contribution in [2.45, 2.75) is 50.3 Å². The van der Waals surface area contributed by atoms with Crippen molar-refractivity contribution in [1.82, 2.24) is 29.2 Å². The molecule has 0 aromatic carbocycles. The minimum absolute atomic E-state index is 0.139. The van der Waals surface area contributed by atoms with E-state index >= 15 is 0 Å². The van der Waals surface area contributed by atoms with Crippen LogP contribution < -0.4 is 0 Å². The average Bonchev–Trinajstić information content (AvgIpc) is 3.43. The number of aliphatic carboxylic acids is 2. The van der Waals surface area contributed by atoms with E-state index in [9.17, 15) is 14.7 Å². The largest absolute Gasteiger partial charge is 0.481 e. The molecule has 0 bridgehead atoms. The first-order chi connectivity index (χ1) is 15.6. The van der Waals surface area contributed by atoms with Gasteiger partial charge in [0.05, 0.1) is 16.9 Å². The van der Waals surface area contributed by atoms with Crippen molar-refractivity contribution in [2.24, 2.45) is 11.3 Å². The molecule has 1 unspecified atom stereocenters. The lowest BCUT2D eigenvalue weighted by Gasteiger charge is -2.33. The molecule has 2 N–H and O–H groups in total. The molecule has 1 aliphatic rings. The molecule has 0 saturated carbocycles. The second-order valence-electron chi connectivity index (χ2n) is 9.11. The summed E-state index contributed by atoms with van der Waals surface area (Å²) >= 11 is 3.86. The van der Waals surface area contributed by atoms with Crippen LogP contribution in [0.4, 0.5) is 0 Å². The molecule has 174 valence electrons. The number of hydrogen-bond donors (Lipinski definition) is 2. The number of thioether (sulfide) groups is 2. The molecule has 1 aliphatic carbocycles. The fourth-order valence-corrected chi connectivity index (χ4v) is 7.12. The molecule has 0 saturated heterocycles. The van der Waals surface area contributed by atoms with E-state index in [1.54, 1.807) is 15.7 Å². The van der Waals surface area contributed by atoms with E-state index in [1.165, 1.54) is 10.4 Å². The highest BCUT2D eigenvalue weighted by Gasteiger charge is 2.33. The lowest BCUT2D eigenvalue weighted by Crippen LogP contribution is -2.26. The number of nitrogens with zero attached hydrogens (tertiary/aromatic N) is 6. The van der Waals surface area contributed by atoms with E-state index in [0.717, 1.165) is 53.0 Å². The zero-order chi connectivity index (χ0) is 23.5. The second-order valence-corrected chi connectivity index (χ2v) is 12.1. The fourth-order valence-electron chi connectivity index (χ4n) is 4.34. The van der Waals surface area contributed by atoms with Crippen LogP contribution in [-0.2, 0) is 22.4 Å². The van der Waals surface area contributed by atoms with E-state index in [4.69, 9.17) is 5.11 Å². The molecule has 4 heterocycles. The molecule has 4 aromatic rings. The molecule has 0 radical (unpaired) electrons. The van der Waals surface area contributed by atoms with Crippen LogP contribution in [0.5, 0.6) is 0 Å². The summed E-state index contributed by atoms with van der Waals surface area (Å²) in [5, 5.41) is 37.5. The lowest BCUT2D eigenvalue weighted by atomic mass is 9.72. The number of carboxylic acid groups (broad SMARTS) is 2. The number of aromatic nitrogens is 6. The maximum Gasteiger partial charge on any atom is 0.313 e. The summed E-state index contributed by atoms with van der Waals surface area (Å²) in [6, 6.07) is 0. The number of rotatable bonds is 6. The Morgan fingerprint density at radius 3 is 2.30 bits per heavy atom. The lowest BCUT2D eigenvalue weighted by molar-refractivity contribution is -0.134. The van der Waals surface area contributed by atoms with Crippen LogP contribution in [0.25, 0.3) is 21.6 Å². The number of thiophene rings is 1. The third kappa shape index (κ3) is 3.85. The molecule has 5 rings (SSSR count). The quantitative estimate of drug-likeness (QED) is 0.374. The van der Waals surface area contributed by atoms with Gasteiger partial charge in [-0.3, -0.25) is 9.59 Å². The van der Waals surface area contributed by atoms with Crippen molar-refractivity contribution < 1.29 is 19.8 Å². The van der Waals surface area contributed by atoms with Gasteiger partial charge in [-0.1, -0.05) is 44.3 Å². The molecular weight excluding hydrogens is 484 g/mol. The van der Waals surface area contributed by atoms with Crippen molar-refractivity contribution in [3.05, 3.63) is 10.4 Å². The van der Waals surface area contributed by atoms with Crippen molar-refractivity contribution in [2.75, 3.05) is 11.5 Å². The van der Waals surface area contributed by atoms with E-state index in [0.29, 0.717) is 27.7 Å². The summed E-state index contributed by atoms with van der Waals surface area (Å²) in [6.45, 7) is 6.83. The van der Waals surface area contributed by atoms with Gasteiger partial charge in [0, 0.05) is 4.88 Å². The molecule has 0 spiro atoms. The predicted octanol–water partition coefficient (Wildman–Crippen LogP) is 3.49. The van der Waals surface area contributed by atoms with Gasteiger partial charge >= 0.3 is 11.9 Å². The summed E-state index contributed by atoms with van der Waals surface area (Å²) in [7, 11) is 0. The summed E-state index contributed by atoms with van der Waals surface area (Å²) in [5.41, 5.74) is 2.08. The summed E-state index contributed by atoms with van der Waals surface area (Å²) < 4.78 is 3.62. The van der Waals surface area contributed by atoms with E-state index < -0.39 is 11.9 Å². The first kappa shape index (κ1) is 22.4. The van der Waals surface area contributed by atoms with Gasteiger partial charge in [0.15, 0.2) is 16.0 Å². The molecule has 33 heavy (non-hydrogen) atoms. The molecule has 13 heteroatoms. The first-order valence-electron chi connectivity index (χ1n) is 10.4. The minimum atomic E-state index is -0.950. The normalized spacial score (nSPS) is 16.6. The topological polar surface area (TPSA) is 135 Å². The zero-order valence-corrected chi connectivity index (χ0v) is 20.7. The molecule has 0 aliphatic heterocycles. The van der Waals surface area contributed by atoms with Crippen molar-refractivity contribution in [1.29, 1.82) is 0 Å². The minimum Gasteiger partial charge on any atom is -0.481 e. The monoisotopic (exact) mass is 506 g/mol. The SMILES string of the molecule is CC(C)(C)C1CCc2c(sc3c2c2nnc(SCC(=O)O)n2c2nnc(SCC(=O)O)n32)C1. The van der Waals surface area contributed by atoms with Gasteiger partial charge < -0.3 is 10.2 Å². The molecule has 1 atom stereocenters. The Hall–Kier alpha value is -2.38. The number of carboxylic acids is 2. The van der Waals surface area contributed by atoms with E-state index in [1.807, 2.05) is 4.40 Å². The molecule has 10 nitrogen and oxygen atoms in total. The average molecular weight is 507 g/mol. The number of carbonyl (C=O) groups is 2. The maximum absolute atomic E-state index is 11.2. The molecule has 0 amide bonds. The van der Waals surface area contributed by atoms with Crippen molar-refractivity contribution >= 4 is 68.4 Å². The second kappa shape index (κ2) is 8.13. The standard InChI is InChI=1S/C20H22N6O4S3/c1-20(2,3)9-4-5-10-11(6-9)33-16-14(10)15-21-23-18(31-7-12(27)28)25(15)17-22-24-19(26(16)17)32-8-13(29)30/h9H,4-8H2,1-3H3,(H,27,28)(H,29,30). The maximum atomic E-state index is 11.2. The van der Waals surface area contributed by atoms with Gasteiger partial charge in [-0.05, 0) is 36.2 Å². The third-order valence-electron chi connectivity index (χ3n) is 6.00. The van der Waals surface area contributed by atoms with E-state index in [2.05, 4.69) is 41.2 Å². The van der Waals surface area contributed by atoms with Crippen LogP contribution >= 0.6 is 34.9 Å². The highest BCUT2D eigenvalue weighted by Crippen LogP contribution is 2.45. The highest BCUT2D eigenvalue weighted by molar-refractivity contribution is 8.00. The summed E-state index contributed by atoms with van der Waals surface area (Å²) in [4.78, 5) is 24.6. The van der Waals surface area contributed by atoms with Crippen LogP contribution in [-0.4, -0.2) is 62.9 Å². The van der Waals surface area contributed by atoms with Crippen LogP contribution in [0.1, 0.15) is 37.6 Å². The zero-order valence-electron chi connectivity index (χ0n) is 18.2. The Kier molecular flexibility index (Phi) is 5.52. The number of aryl methyl sites for hydroxylation is 1. The Morgan fingerprint density at radius 2 is 1.67 bits per heavy atom. The Balaban J connectivity index is 1.77. The van der Waals surface area contributed by atoms with Crippen LogP contribution in [0, 0.1) is 11.3 Å². The van der Waals surface area contributed by atoms with Crippen molar-refractivity contribution in [3.8, 4) is 0 Å². The van der Waals surface area contributed by atoms with E-state index in [-0.39, 0.29) is 16.9 Å². The van der Waals surface area contributed by atoms with Crippen LogP contribution in [0.3, 0.4) is 0 Å². The fraction of sp³-hybridized carbons (Fsp3) is 0.500. The molecular formula is C20H22N6O4S3. The number of fused-ring (bicyclic) bond motifs is 8. The third-order valence-corrected chi connectivity index (χ3v) is 9.06. The van der Waals surface area contributed by atoms with Gasteiger partial charge in [0.1, 0.15) is 4.83 Å². The van der Waals surface area contributed by atoms with Crippen LogP contribution in [0.15, 0.2) is 10.3 Å². The van der Waals surface area contributed by atoms with Gasteiger partial charge in [0.25, 0.3) is 0 Å². The predicted molar refractivity (Wildman–Crippen MR) is 127 cm³/mol. The van der Waals surface area contributed by atoms with Gasteiger partial charge in [0.2, 0.25) is 5.78 Å². The van der Waals surface area contributed by atoms with Crippen LogP contribution in [0.2, 0.25) is 0 Å². The number of hydrogen-bond acceptors (Lipinski definition) is 9.